The Morgan fingerprint density at radius 1 is 1.29 bits per heavy atom. The largest absolute Gasteiger partial charge is 0.371 e. The van der Waals surface area contributed by atoms with Gasteiger partial charge in [-0.15, -0.1) is 0 Å². The van der Waals surface area contributed by atoms with Gasteiger partial charge in [0, 0.05) is 0 Å². The molecule has 1 saturated carbocycles. The summed E-state index contributed by atoms with van der Waals surface area (Å²) in [4.78, 5) is 0. The molecule has 1 heteroatoms. The van der Waals surface area contributed by atoms with Crippen LogP contribution in [0.25, 0.3) is 0 Å². The average Bonchev–Trinajstić information content (AvgIpc) is 2.24. The van der Waals surface area contributed by atoms with Crippen LogP contribution >= 0.6 is 0 Å². The predicted molar refractivity (Wildman–Crippen MR) is 59.2 cm³/mol. The highest BCUT2D eigenvalue weighted by Crippen LogP contribution is 2.51. The molecule has 0 saturated heterocycles. The number of hydrogen-bond donors (Lipinski definition) is 0. The van der Waals surface area contributed by atoms with Crippen LogP contribution in [0.15, 0.2) is 12.2 Å². The van der Waals surface area contributed by atoms with Crippen molar-refractivity contribution in [2.75, 3.05) is 6.61 Å². The second-order valence-corrected chi connectivity index (χ2v) is 5.83. The lowest BCUT2D eigenvalue weighted by Crippen LogP contribution is -2.35. The molecule has 0 aromatic carbocycles. The molecule has 0 aromatic heterocycles. The fraction of sp³-hybridized carbons (Fsp3) is 0.846. The third-order valence-corrected chi connectivity index (χ3v) is 3.90. The Labute approximate surface area is 87.5 Å². The molecule has 14 heavy (non-hydrogen) atoms. The molecular weight excluding hydrogens is 172 g/mol. The number of allylic oxidation sites excluding steroid dienone is 1. The van der Waals surface area contributed by atoms with E-state index in [1.165, 1.54) is 25.7 Å². The molecule has 0 radical (unpaired) electrons. The zero-order valence-corrected chi connectivity index (χ0v) is 9.68. The molecule has 0 N–H and O–H groups in total. The van der Waals surface area contributed by atoms with Gasteiger partial charge >= 0.3 is 0 Å². The first-order valence-corrected chi connectivity index (χ1v) is 5.83. The van der Waals surface area contributed by atoms with Crippen LogP contribution in [0.5, 0.6) is 0 Å². The zero-order valence-electron chi connectivity index (χ0n) is 9.68. The highest BCUT2D eigenvalue weighted by Gasteiger charge is 2.48. The Bertz CT molecular complexity index is 230. The van der Waals surface area contributed by atoms with E-state index < -0.39 is 0 Å². The molecule has 0 amide bonds. The van der Waals surface area contributed by atoms with Gasteiger partial charge in [0.05, 0.1) is 12.2 Å². The molecule has 2 rings (SSSR count). The maximum absolute atomic E-state index is 6.11. The SMILES string of the molecule is C[C@H]1CC(C)(C)C[C@]12CCC=CCO2. The molecule has 2 atom stereocenters. The van der Waals surface area contributed by atoms with Gasteiger partial charge in [-0.2, -0.15) is 0 Å². The fourth-order valence-electron chi connectivity index (χ4n) is 3.40. The number of rotatable bonds is 0. The molecule has 0 bridgehead atoms. The minimum atomic E-state index is 0.188. The van der Waals surface area contributed by atoms with Crippen molar-refractivity contribution < 1.29 is 4.74 Å². The maximum atomic E-state index is 6.11. The van der Waals surface area contributed by atoms with E-state index in [0.717, 1.165) is 12.5 Å². The van der Waals surface area contributed by atoms with Gasteiger partial charge in [0.15, 0.2) is 0 Å². The van der Waals surface area contributed by atoms with E-state index in [9.17, 15) is 0 Å². The van der Waals surface area contributed by atoms with Gasteiger partial charge in [-0.25, -0.2) is 0 Å². The summed E-state index contributed by atoms with van der Waals surface area (Å²) in [5.74, 6) is 0.720. The lowest BCUT2D eigenvalue weighted by molar-refractivity contribution is -0.0612. The second kappa shape index (κ2) is 3.37. The lowest BCUT2D eigenvalue weighted by atomic mass is 9.86. The standard InChI is InChI=1S/C13H22O/c1-11-9-12(2,3)10-13(11)7-5-4-6-8-14-13/h4,6,11H,5,7-10H2,1-3H3/t11-,13+/m0/s1. The van der Waals surface area contributed by atoms with Gasteiger partial charge in [0.1, 0.15) is 0 Å². The molecule has 1 aliphatic heterocycles. The van der Waals surface area contributed by atoms with Crippen LogP contribution in [0.2, 0.25) is 0 Å². The van der Waals surface area contributed by atoms with Crippen molar-refractivity contribution in [3.05, 3.63) is 12.2 Å². The van der Waals surface area contributed by atoms with Crippen molar-refractivity contribution >= 4 is 0 Å². The van der Waals surface area contributed by atoms with Crippen molar-refractivity contribution in [2.24, 2.45) is 11.3 Å². The molecule has 1 heterocycles. The summed E-state index contributed by atoms with van der Waals surface area (Å²) in [5.41, 5.74) is 0.663. The monoisotopic (exact) mass is 194 g/mol. The van der Waals surface area contributed by atoms with Gasteiger partial charge in [-0.1, -0.05) is 32.9 Å². The van der Waals surface area contributed by atoms with Crippen molar-refractivity contribution in [1.82, 2.24) is 0 Å². The summed E-state index contributed by atoms with van der Waals surface area (Å²) in [7, 11) is 0. The van der Waals surface area contributed by atoms with Crippen LogP contribution in [-0.2, 0) is 4.74 Å². The average molecular weight is 194 g/mol. The first-order valence-electron chi connectivity index (χ1n) is 5.83. The molecule has 1 aliphatic carbocycles. The number of hydrogen-bond acceptors (Lipinski definition) is 1. The van der Waals surface area contributed by atoms with E-state index in [4.69, 9.17) is 4.74 Å². The Hall–Kier alpha value is -0.300. The van der Waals surface area contributed by atoms with E-state index in [1.807, 2.05) is 0 Å². The Morgan fingerprint density at radius 2 is 2.07 bits per heavy atom. The summed E-state index contributed by atoms with van der Waals surface area (Å²) in [5, 5.41) is 0. The van der Waals surface area contributed by atoms with Crippen LogP contribution in [0.4, 0.5) is 0 Å². The lowest BCUT2D eigenvalue weighted by Gasteiger charge is -2.33. The van der Waals surface area contributed by atoms with E-state index in [0.29, 0.717) is 5.41 Å². The van der Waals surface area contributed by atoms with Crippen LogP contribution < -0.4 is 0 Å². The topological polar surface area (TPSA) is 9.23 Å². The molecule has 1 spiro atoms. The summed E-state index contributed by atoms with van der Waals surface area (Å²) in [6, 6.07) is 0. The van der Waals surface area contributed by atoms with Gasteiger partial charge in [-0.05, 0) is 37.0 Å². The summed E-state index contributed by atoms with van der Waals surface area (Å²) < 4.78 is 6.11. The molecule has 0 unspecified atom stereocenters. The van der Waals surface area contributed by atoms with E-state index >= 15 is 0 Å². The molecule has 0 aromatic rings. The highest BCUT2D eigenvalue weighted by molar-refractivity contribution is 5.03. The Morgan fingerprint density at radius 3 is 2.71 bits per heavy atom. The van der Waals surface area contributed by atoms with Crippen LogP contribution in [0.1, 0.15) is 46.5 Å². The minimum absolute atomic E-state index is 0.188. The van der Waals surface area contributed by atoms with Gasteiger partial charge in [-0.3, -0.25) is 0 Å². The normalized spacial score (nSPS) is 41.5. The molecule has 80 valence electrons. The fourth-order valence-corrected chi connectivity index (χ4v) is 3.40. The van der Waals surface area contributed by atoms with E-state index in [2.05, 4.69) is 32.9 Å². The first-order chi connectivity index (χ1) is 6.54. The summed E-state index contributed by atoms with van der Waals surface area (Å²) in [6.07, 6.45) is 9.41. The smallest absolute Gasteiger partial charge is 0.0720 e. The van der Waals surface area contributed by atoms with Crippen molar-refractivity contribution in [3.8, 4) is 0 Å². The van der Waals surface area contributed by atoms with E-state index in [1.54, 1.807) is 0 Å². The van der Waals surface area contributed by atoms with Crippen LogP contribution in [-0.4, -0.2) is 12.2 Å². The molecular formula is C13H22O. The van der Waals surface area contributed by atoms with Crippen molar-refractivity contribution in [3.63, 3.8) is 0 Å². The molecule has 2 aliphatic rings. The zero-order chi connectivity index (χ0) is 10.2. The summed E-state index contributed by atoms with van der Waals surface area (Å²) in [6.45, 7) is 7.93. The van der Waals surface area contributed by atoms with Gasteiger partial charge in [0.25, 0.3) is 0 Å². The van der Waals surface area contributed by atoms with Crippen LogP contribution in [0.3, 0.4) is 0 Å². The van der Waals surface area contributed by atoms with Gasteiger partial charge in [0.2, 0.25) is 0 Å². The van der Waals surface area contributed by atoms with Crippen molar-refractivity contribution in [2.45, 2.75) is 52.1 Å². The third-order valence-electron chi connectivity index (χ3n) is 3.90. The predicted octanol–water partition coefficient (Wildman–Crippen LogP) is 3.55. The molecule has 1 fully saturated rings. The third kappa shape index (κ3) is 1.75. The van der Waals surface area contributed by atoms with Crippen molar-refractivity contribution in [1.29, 1.82) is 0 Å². The van der Waals surface area contributed by atoms with Crippen LogP contribution in [0, 0.1) is 11.3 Å². The maximum Gasteiger partial charge on any atom is 0.0720 e. The quantitative estimate of drug-likeness (QED) is 0.536. The van der Waals surface area contributed by atoms with Gasteiger partial charge < -0.3 is 4.74 Å². The summed E-state index contributed by atoms with van der Waals surface area (Å²) >= 11 is 0. The second-order valence-electron chi connectivity index (χ2n) is 5.83. The Balaban J connectivity index is 2.15. The van der Waals surface area contributed by atoms with E-state index in [-0.39, 0.29) is 5.60 Å². The Kier molecular flexibility index (Phi) is 2.46. The minimum Gasteiger partial charge on any atom is -0.371 e. The number of ether oxygens (including phenoxy) is 1. The highest BCUT2D eigenvalue weighted by atomic mass is 16.5. The first kappa shape index (κ1) is 10.2. The molecule has 1 nitrogen and oxygen atoms in total.